The van der Waals surface area contributed by atoms with Crippen molar-refractivity contribution in [3.05, 3.63) is 5.82 Å². The van der Waals surface area contributed by atoms with Crippen LogP contribution in [0.3, 0.4) is 0 Å². The fourth-order valence-corrected chi connectivity index (χ4v) is 2.66. The molecule has 5 nitrogen and oxygen atoms in total. The van der Waals surface area contributed by atoms with Crippen LogP contribution in [0.1, 0.15) is 46.9 Å². The first-order valence-corrected chi connectivity index (χ1v) is 6.85. The van der Waals surface area contributed by atoms with Gasteiger partial charge in [-0.15, -0.1) is 0 Å². The maximum atomic E-state index is 10.8. The Hall–Kier alpha value is -1.17. The highest BCUT2D eigenvalue weighted by Crippen LogP contribution is 2.26. The number of carboxylic acids is 1. The number of aromatic nitrogens is 2. The molecule has 0 bridgehead atoms. The van der Waals surface area contributed by atoms with Gasteiger partial charge in [0.25, 0.3) is 0 Å². The topological polar surface area (TPSA) is 66.3 Å². The van der Waals surface area contributed by atoms with E-state index in [2.05, 4.69) is 30.1 Å². The Balaban J connectivity index is 2.89. The monoisotopic (exact) mass is 271 g/mol. The molecule has 1 heterocycles. The summed E-state index contributed by atoms with van der Waals surface area (Å²) in [6, 6.07) is -0.0757. The van der Waals surface area contributed by atoms with E-state index in [0.717, 1.165) is 17.5 Å². The lowest BCUT2D eigenvalue weighted by Crippen LogP contribution is -2.34. The zero-order chi connectivity index (χ0) is 13.9. The minimum Gasteiger partial charge on any atom is -0.481 e. The third kappa shape index (κ3) is 3.66. The largest absolute Gasteiger partial charge is 0.481 e. The molecule has 0 spiro atoms. The van der Waals surface area contributed by atoms with Gasteiger partial charge in [0.05, 0.1) is 6.42 Å². The lowest BCUT2D eigenvalue weighted by atomic mass is 9.96. The first-order valence-electron chi connectivity index (χ1n) is 6.08. The zero-order valence-electron chi connectivity index (χ0n) is 11.6. The molecule has 1 aromatic rings. The molecule has 18 heavy (non-hydrogen) atoms. The van der Waals surface area contributed by atoms with Crippen molar-refractivity contribution in [1.29, 1.82) is 0 Å². The molecule has 1 unspecified atom stereocenters. The van der Waals surface area contributed by atoms with Gasteiger partial charge in [0.2, 0.25) is 5.13 Å². The summed E-state index contributed by atoms with van der Waals surface area (Å²) in [5.74, 6) is 0.0185. The van der Waals surface area contributed by atoms with E-state index < -0.39 is 5.97 Å². The Morgan fingerprint density at radius 1 is 1.50 bits per heavy atom. The lowest BCUT2D eigenvalue weighted by molar-refractivity contribution is -0.137. The van der Waals surface area contributed by atoms with Crippen molar-refractivity contribution >= 4 is 22.6 Å². The number of hydrogen-bond acceptors (Lipinski definition) is 5. The van der Waals surface area contributed by atoms with Crippen LogP contribution >= 0.6 is 11.5 Å². The van der Waals surface area contributed by atoms with E-state index in [-0.39, 0.29) is 17.9 Å². The number of carbonyl (C=O) groups is 1. The van der Waals surface area contributed by atoms with Crippen LogP contribution in [0.25, 0.3) is 0 Å². The average molecular weight is 271 g/mol. The average Bonchev–Trinajstić information content (AvgIpc) is 2.66. The van der Waals surface area contributed by atoms with Crippen molar-refractivity contribution in [3.63, 3.8) is 0 Å². The van der Waals surface area contributed by atoms with E-state index in [0.29, 0.717) is 0 Å². The maximum absolute atomic E-state index is 10.8. The van der Waals surface area contributed by atoms with Gasteiger partial charge in [0, 0.05) is 29.5 Å². The second-order valence-corrected chi connectivity index (χ2v) is 6.11. The molecule has 0 saturated heterocycles. The molecule has 1 N–H and O–H groups in total. The molecule has 0 aromatic carbocycles. The fourth-order valence-electron chi connectivity index (χ4n) is 1.64. The van der Waals surface area contributed by atoms with Crippen LogP contribution in [0.15, 0.2) is 0 Å². The quantitative estimate of drug-likeness (QED) is 0.891. The summed E-state index contributed by atoms with van der Waals surface area (Å²) in [6.45, 7) is 10.8. The molecule has 0 radical (unpaired) electrons. The molecule has 0 amide bonds. The predicted octanol–water partition coefficient (Wildman–Crippen LogP) is 2.53. The molecule has 0 aliphatic rings. The van der Waals surface area contributed by atoms with Crippen molar-refractivity contribution in [3.8, 4) is 0 Å². The highest BCUT2D eigenvalue weighted by molar-refractivity contribution is 7.09. The number of aliphatic carboxylic acids is 1. The van der Waals surface area contributed by atoms with Crippen LogP contribution in [0.5, 0.6) is 0 Å². The molecule has 0 fully saturated rings. The fraction of sp³-hybridized carbons (Fsp3) is 0.750. The Morgan fingerprint density at radius 2 is 2.11 bits per heavy atom. The minimum atomic E-state index is -0.790. The second-order valence-electron chi connectivity index (χ2n) is 5.38. The molecule has 0 aliphatic carbocycles. The third-order valence-electron chi connectivity index (χ3n) is 2.67. The van der Waals surface area contributed by atoms with Gasteiger partial charge in [-0.2, -0.15) is 4.37 Å². The summed E-state index contributed by atoms with van der Waals surface area (Å²) < 4.78 is 4.36. The third-order valence-corrected chi connectivity index (χ3v) is 3.43. The van der Waals surface area contributed by atoms with E-state index in [1.54, 1.807) is 0 Å². The first-order chi connectivity index (χ1) is 8.25. The SMILES string of the molecule is CCN(c1nc(C(C)(C)C)ns1)C(C)CC(=O)O. The van der Waals surface area contributed by atoms with Gasteiger partial charge in [0.15, 0.2) is 0 Å². The van der Waals surface area contributed by atoms with E-state index in [1.165, 1.54) is 11.5 Å². The van der Waals surface area contributed by atoms with Gasteiger partial charge in [-0.1, -0.05) is 20.8 Å². The molecular formula is C12H21N3O2S. The summed E-state index contributed by atoms with van der Waals surface area (Å²) in [7, 11) is 0. The highest BCUT2D eigenvalue weighted by atomic mass is 32.1. The predicted molar refractivity (Wildman–Crippen MR) is 73.3 cm³/mol. The molecule has 1 rings (SSSR count). The van der Waals surface area contributed by atoms with Crippen molar-refractivity contribution < 1.29 is 9.90 Å². The number of carboxylic acid groups (broad SMARTS) is 1. The summed E-state index contributed by atoms with van der Waals surface area (Å²) >= 11 is 1.34. The molecule has 6 heteroatoms. The molecule has 1 atom stereocenters. The Bertz CT molecular complexity index is 412. The number of hydrogen-bond donors (Lipinski definition) is 1. The van der Waals surface area contributed by atoms with Gasteiger partial charge in [-0.05, 0) is 13.8 Å². The molecule has 0 saturated carbocycles. The van der Waals surface area contributed by atoms with Gasteiger partial charge in [-0.25, -0.2) is 4.98 Å². The van der Waals surface area contributed by atoms with Gasteiger partial charge in [-0.3, -0.25) is 4.79 Å². The number of anilines is 1. The molecule has 102 valence electrons. The van der Waals surface area contributed by atoms with Crippen LogP contribution in [0.4, 0.5) is 5.13 Å². The minimum absolute atomic E-state index is 0.0757. The van der Waals surface area contributed by atoms with Crippen molar-refractivity contribution in [2.24, 2.45) is 0 Å². The number of rotatable bonds is 5. The van der Waals surface area contributed by atoms with Gasteiger partial charge >= 0.3 is 5.97 Å². The zero-order valence-corrected chi connectivity index (χ0v) is 12.4. The smallest absolute Gasteiger partial charge is 0.305 e. The Kier molecular flexibility index (Phi) is 4.67. The molecular weight excluding hydrogens is 250 g/mol. The Labute approximate surface area is 112 Å². The van der Waals surface area contributed by atoms with Crippen molar-refractivity contribution in [2.45, 2.75) is 52.5 Å². The molecule has 0 aliphatic heterocycles. The summed E-state index contributed by atoms with van der Waals surface area (Å²) in [5.41, 5.74) is -0.0792. The highest BCUT2D eigenvalue weighted by Gasteiger charge is 2.24. The number of nitrogens with zero attached hydrogens (tertiary/aromatic N) is 3. The Morgan fingerprint density at radius 3 is 2.50 bits per heavy atom. The van der Waals surface area contributed by atoms with E-state index >= 15 is 0 Å². The van der Waals surface area contributed by atoms with Crippen LogP contribution in [0, 0.1) is 0 Å². The van der Waals surface area contributed by atoms with E-state index in [4.69, 9.17) is 5.11 Å². The molecule has 1 aromatic heterocycles. The van der Waals surface area contributed by atoms with Crippen LogP contribution in [0.2, 0.25) is 0 Å². The van der Waals surface area contributed by atoms with E-state index in [1.807, 2.05) is 18.7 Å². The van der Waals surface area contributed by atoms with Crippen molar-refractivity contribution in [2.75, 3.05) is 11.4 Å². The summed E-state index contributed by atoms with van der Waals surface area (Å²) in [5, 5.41) is 9.65. The van der Waals surface area contributed by atoms with Crippen LogP contribution < -0.4 is 4.90 Å². The van der Waals surface area contributed by atoms with Gasteiger partial charge < -0.3 is 10.0 Å². The van der Waals surface area contributed by atoms with Crippen LogP contribution in [-0.2, 0) is 10.2 Å². The maximum Gasteiger partial charge on any atom is 0.305 e. The first kappa shape index (κ1) is 14.9. The summed E-state index contributed by atoms with van der Waals surface area (Å²) in [4.78, 5) is 17.3. The van der Waals surface area contributed by atoms with Gasteiger partial charge in [0.1, 0.15) is 5.82 Å². The standard InChI is InChI=1S/C12H21N3O2S/c1-6-15(8(2)7-9(16)17)11-13-10(14-18-11)12(3,4)5/h8H,6-7H2,1-5H3,(H,16,17). The van der Waals surface area contributed by atoms with Crippen molar-refractivity contribution in [1.82, 2.24) is 9.36 Å². The lowest BCUT2D eigenvalue weighted by Gasteiger charge is -2.25. The normalized spacial score (nSPS) is 13.4. The van der Waals surface area contributed by atoms with E-state index in [9.17, 15) is 4.79 Å². The second kappa shape index (κ2) is 5.65. The summed E-state index contributed by atoms with van der Waals surface area (Å²) in [6.07, 6.45) is 0.109. The van der Waals surface area contributed by atoms with Crippen LogP contribution in [-0.4, -0.2) is 33.0 Å².